The Bertz CT molecular complexity index is 459. The minimum Gasteiger partial charge on any atom is -0.394 e. The maximum atomic E-state index is 9.87. The van der Waals surface area contributed by atoms with E-state index in [1.807, 2.05) is 0 Å². The molecule has 15 heteroatoms. The summed E-state index contributed by atoms with van der Waals surface area (Å²) in [6.45, 7) is 1.79. The molecule has 0 aromatic carbocycles. The van der Waals surface area contributed by atoms with Crippen molar-refractivity contribution in [1.82, 2.24) is 0 Å². The number of hydrogen-bond acceptors (Lipinski definition) is 15. The second kappa shape index (κ2) is 19.0. The summed E-state index contributed by atoms with van der Waals surface area (Å²) >= 11 is 0. The summed E-state index contributed by atoms with van der Waals surface area (Å²) in [6, 6.07) is 0. The van der Waals surface area contributed by atoms with Crippen molar-refractivity contribution < 1.29 is 75.7 Å². The van der Waals surface area contributed by atoms with Crippen LogP contribution in [0.5, 0.6) is 0 Å². The molecule has 11 unspecified atom stereocenters. The van der Waals surface area contributed by atoms with Gasteiger partial charge in [-0.25, -0.2) is 0 Å². The second-order valence-corrected chi connectivity index (χ2v) is 6.56. The van der Waals surface area contributed by atoms with Gasteiger partial charge in [0.05, 0.1) is 18.8 Å². The molecule has 32 heavy (non-hydrogen) atoms. The fourth-order valence-electron chi connectivity index (χ4n) is 1.55. The smallest absolute Gasteiger partial charge is 0.151 e. The van der Waals surface area contributed by atoms with Gasteiger partial charge in [0.2, 0.25) is 0 Å². The maximum Gasteiger partial charge on any atom is 0.151 e. The zero-order valence-electron chi connectivity index (χ0n) is 17.4. The number of rotatable bonds is 12. The Hall–Kier alpha value is -1.47. The molecule has 0 aromatic heterocycles. The van der Waals surface area contributed by atoms with Crippen LogP contribution in [0.2, 0.25) is 0 Å². The van der Waals surface area contributed by atoms with Crippen LogP contribution in [0.25, 0.3) is 0 Å². The van der Waals surface area contributed by atoms with Crippen molar-refractivity contribution in [3.05, 3.63) is 0 Å². The van der Waals surface area contributed by atoms with Crippen LogP contribution < -0.4 is 0 Å². The predicted molar refractivity (Wildman–Crippen MR) is 103 cm³/mol. The molecule has 0 bridgehead atoms. The number of aliphatic hydroxyl groups is 12. The number of hydrogen-bond donors (Lipinski definition) is 12. The first-order valence-electron chi connectivity index (χ1n) is 9.09. The zero-order valence-corrected chi connectivity index (χ0v) is 17.4. The number of carbonyl (C=O) groups excluding carboxylic acids is 3. The average Bonchev–Trinajstić information content (AvgIpc) is 2.79. The molecule has 0 saturated carbocycles. The van der Waals surface area contributed by atoms with Gasteiger partial charge < -0.3 is 75.7 Å². The van der Waals surface area contributed by atoms with Crippen molar-refractivity contribution in [2.24, 2.45) is 0 Å². The van der Waals surface area contributed by atoms with Crippen LogP contribution in [0, 0.1) is 0 Å². The first-order valence-corrected chi connectivity index (χ1v) is 9.09. The van der Waals surface area contributed by atoms with Gasteiger partial charge in [0.1, 0.15) is 54.9 Å². The lowest BCUT2D eigenvalue weighted by atomic mass is 10.1. The molecule has 0 saturated heterocycles. The quantitative estimate of drug-likeness (QED) is 0.116. The van der Waals surface area contributed by atoms with E-state index in [0.29, 0.717) is 0 Å². The van der Waals surface area contributed by atoms with E-state index in [1.54, 1.807) is 0 Å². The zero-order chi connectivity index (χ0) is 26.2. The van der Waals surface area contributed by atoms with Gasteiger partial charge >= 0.3 is 0 Å². The van der Waals surface area contributed by atoms with Gasteiger partial charge in [-0.2, -0.15) is 0 Å². The molecule has 0 aromatic rings. The highest BCUT2D eigenvalue weighted by Crippen LogP contribution is 2.03. The Morgan fingerprint density at radius 3 is 0.938 bits per heavy atom. The molecule has 0 aliphatic heterocycles. The summed E-state index contributed by atoms with van der Waals surface area (Å²) in [5, 5.41) is 104. The van der Waals surface area contributed by atoms with E-state index >= 15 is 0 Å². The Morgan fingerprint density at radius 1 is 0.500 bits per heavy atom. The number of aldehydes is 3. The fourth-order valence-corrected chi connectivity index (χ4v) is 1.55. The minimum atomic E-state index is -1.65. The Labute approximate surface area is 183 Å². The van der Waals surface area contributed by atoms with Gasteiger partial charge in [0, 0.05) is 0 Å². The molecule has 15 nitrogen and oxygen atoms in total. The van der Waals surface area contributed by atoms with E-state index in [-0.39, 0.29) is 18.9 Å². The van der Waals surface area contributed by atoms with E-state index in [0.717, 1.165) is 0 Å². The van der Waals surface area contributed by atoms with Crippen LogP contribution in [0.4, 0.5) is 0 Å². The van der Waals surface area contributed by atoms with Gasteiger partial charge in [0.25, 0.3) is 0 Å². The standard InChI is InChI=1S/2C6H12O5.C5H10O5/c2*1-3(8)5(10)6(11)4(9)2-7;6-1-3(8)5(10)4(9)2-7/h2*2-6,8-11H,1H3;1,3-5,7-10H,2H2. The first kappa shape index (κ1) is 35.1. The van der Waals surface area contributed by atoms with E-state index in [2.05, 4.69) is 0 Å². The summed E-state index contributed by atoms with van der Waals surface area (Å²) in [5.74, 6) is 0. The summed E-state index contributed by atoms with van der Waals surface area (Å²) in [7, 11) is 0. The van der Waals surface area contributed by atoms with Crippen molar-refractivity contribution in [3.8, 4) is 0 Å². The lowest BCUT2D eigenvalue weighted by Gasteiger charge is -2.21. The van der Waals surface area contributed by atoms with E-state index in [1.165, 1.54) is 13.8 Å². The van der Waals surface area contributed by atoms with Crippen LogP contribution in [-0.2, 0) is 14.4 Å². The number of aliphatic hydroxyl groups excluding tert-OH is 12. The third-order valence-electron chi connectivity index (χ3n) is 3.74. The largest absolute Gasteiger partial charge is 0.394 e. The lowest BCUT2D eigenvalue weighted by Crippen LogP contribution is -2.43. The summed E-state index contributed by atoms with van der Waals surface area (Å²) in [6.07, 6.45) is -16.4. The molecular formula is C17H34O15. The maximum absolute atomic E-state index is 9.87. The highest BCUT2D eigenvalue weighted by atomic mass is 16.4. The highest BCUT2D eigenvalue weighted by molar-refractivity contribution is 5.57. The molecule has 12 N–H and O–H groups in total. The molecule has 0 aliphatic carbocycles. The van der Waals surface area contributed by atoms with Crippen molar-refractivity contribution in [3.63, 3.8) is 0 Å². The van der Waals surface area contributed by atoms with Crippen LogP contribution in [0.3, 0.4) is 0 Å². The molecule has 0 fully saturated rings. The van der Waals surface area contributed by atoms with Gasteiger partial charge in [-0.1, -0.05) is 0 Å². The van der Waals surface area contributed by atoms with Gasteiger partial charge in [-0.05, 0) is 13.8 Å². The fraction of sp³-hybridized carbons (Fsp3) is 0.824. The van der Waals surface area contributed by atoms with Crippen LogP contribution >= 0.6 is 0 Å². The summed E-state index contributed by atoms with van der Waals surface area (Å²) < 4.78 is 0. The molecule has 0 aliphatic rings. The molecular weight excluding hydrogens is 444 g/mol. The molecule has 0 heterocycles. The van der Waals surface area contributed by atoms with Gasteiger partial charge in [0.15, 0.2) is 18.9 Å². The van der Waals surface area contributed by atoms with Crippen molar-refractivity contribution in [2.75, 3.05) is 6.61 Å². The Kier molecular flexibility index (Phi) is 20.9. The predicted octanol–water partition coefficient (Wildman–Crippen LogP) is -7.44. The van der Waals surface area contributed by atoms with E-state index in [9.17, 15) is 14.4 Å². The molecule has 0 radical (unpaired) electrons. The highest BCUT2D eigenvalue weighted by Gasteiger charge is 2.28. The van der Waals surface area contributed by atoms with Crippen LogP contribution in [0.15, 0.2) is 0 Å². The molecule has 192 valence electrons. The molecule has 0 rings (SSSR count). The topological polar surface area (TPSA) is 294 Å². The summed E-state index contributed by atoms with van der Waals surface area (Å²) in [5.41, 5.74) is 0. The normalized spacial score (nSPS) is 21.2. The van der Waals surface area contributed by atoms with Crippen molar-refractivity contribution in [2.45, 2.75) is 81.0 Å². The first-order chi connectivity index (χ1) is 14.6. The van der Waals surface area contributed by atoms with Gasteiger partial charge in [-0.3, -0.25) is 0 Å². The lowest BCUT2D eigenvalue weighted by molar-refractivity contribution is -0.132. The number of carbonyl (C=O) groups is 3. The minimum absolute atomic E-state index is 0.0869. The summed E-state index contributed by atoms with van der Waals surface area (Å²) in [4.78, 5) is 29.5. The van der Waals surface area contributed by atoms with E-state index in [4.69, 9.17) is 61.3 Å². The third-order valence-corrected chi connectivity index (χ3v) is 3.74. The SMILES string of the molecule is CC(O)C(O)C(O)C(O)C=O.CC(O)C(O)C(O)C(O)C=O.O=CC(O)C(O)C(O)CO. The second-order valence-electron chi connectivity index (χ2n) is 6.56. The average molecular weight is 478 g/mol. The van der Waals surface area contributed by atoms with Gasteiger partial charge in [-0.15, -0.1) is 0 Å². The monoisotopic (exact) mass is 478 g/mol. The Balaban J connectivity index is -0.000000395. The van der Waals surface area contributed by atoms with E-state index < -0.39 is 73.8 Å². The van der Waals surface area contributed by atoms with Crippen molar-refractivity contribution in [1.29, 1.82) is 0 Å². The van der Waals surface area contributed by atoms with Crippen LogP contribution in [-0.4, -0.2) is 154 Å². The van der Waals surface area contributed by atoms with Crippen LogP contribution in [0.1, 0.15) is 13.8 Å². The Morgan fingerprint density at radius 2 is 0.750 bits per heavy atom. The van der Waals surface area contributed by atoms with Crippen molar-refractivity contribution >= 4 is 18.9 Å². The third kappa shape index (κ3) is 14.6. The molecule has 11 atom stereocenters. The molecule has 0 amide bonds. The molecule has 0 spiro atoms.